The molecule has 2 unspecified atom stereocenters. The Labute approximate surface area is 229 Å². The predicted octanol–water partition coefficient (Wildman–Crippen LogP) is -1.56. The van der Waals surface area contributed by atoms with Gasteiger partial charge in [0, 0.05) is 5.56 Å². The van der Waals surface area contributed by atoms with E-state index in [0.29, 0.717) is 5.56 Å². The molecular formula is C26H32ClO12. The Hall–Kier alpha value is -1.75. The number of aliphatic hydroxyl groups excluding tert-OH is 8. The molecule has 2 aliphatic heterocycles. The van der Waals surface area contributed by atoms with Gasteiger partial charge in [0.25, 0.3) is 6.29 Å². The highest BCUT2D eigenvalue weighted by Gasteiger charge is 2.68. The molecule has 215 valence electrons. The third-order valence-corrected chi connectivity index (χ3v) is 7.38. The fourth-order valence-corrected chi connectivity index (χ4v) is 4.98. The van der Waals surface area contributed by atoms with E-state index in [1.807, 2.05) is 0 Å². The summed E-state index contributed by atoms with van der Waals surface area (Å²) < 4.78 is 23.4. The van der Waals surface area contributed by atoms with Crippen LogP contribution in [0.15, 0.2) is 60.7 Å². The summed E-state index contributed by atoms with van der Waals surface area (Å²) in [5, 5.41) is 80.9. The molecule has 2 aromatic rings. The first-order valence-electron chi connectivity index (χ1n) is 12.2. The zero-order valence-corrected chi connectivity index (χ0v) is 21.4. The minimum absolute atomic E-state index is 0.0449. The number of rotatable bonds is 9. The second kappa shape index (κ2) is 12.4. The first kappa shape index (κ1) is 30.2. The van der Waals surface area contributed by atoms with Crippen LogP contribution in [0.3, 0.4) is 0 Å². The van der Waals surface area contributed by atoms with Crippen molar-refractivity contribution in [3.05, 3.63) is 78.1 Å². The van der Waals surface area contributed by atoms with Gasteiger partial charge in [-0.25, -0.2) is 0 Å². The van der Waals surface area contributed by atoms with Crippen molar-refractivity contribution in [3.63, 3.8) is 0 Å². The molecule has 13 heteroatoms. The summed E-state index contributed by atoms with van der Waals surface area (Å²) in [6.07, 6.45) is -15.1. The summed E-state index contributed by atoms with van der Waals surface area (Å²) in [6.45, 7) is -1.87. The van der Waals surface area contributed by atoms with Crippen molar-refractivity contribution >= 4 is 11.6 Å². The summed E-state index contributed by atoms with van der Waals surface area (Å²) in [5.74, 6) is -2.61. The Kier molecular flexibility index (Phi) is 9.61. The highest BCUT2D eigenvalue weighted by molar-refractivity contribution is 6.24. The zero-order valence-electron chi connectivity index (χ0n) is 20.6. The van der Waals surface area contributed by atoms with Crippen molar-refractivity contribution in [2.24, 2.45) is 0 Å². The number of benzene rings is 2. The van der Waals surface area contributed by atoms with Gasteiger partial charge in [0.1, 0.15) is 48.8 Å². The van der Waals surface area contributed by atoms with E-state index in [-0.39, 0.29) is 12.2 Å². The standard InChI is InChI=1S/C26H32ClO12/c27-25(15-9-5-2-6-10-15,39-24-22(34)20(32)18(30)16(11-28)37-24)26(36-13-14-7-3-1-4-8-14)23(35)21(33)19(31)17(12-29)38-26/h1-10,16-23,28-35H,11-13H2/t16-,17-,18-,19-,20+,21+,22-,23-,25?,26?/m1/s1. The quantitative estimate of drug-likeness (QED) is 0.161. The van der Waals surface area contributed by atoms with Gasteiger partial charge in [-0.3, -0.25) is 0 Å². The number of aliphatic hydroxyl groups is 8. The molecule has 2 aliphatic rings. The maximum absolute atomic E-state index is 11.4. The van der Waals surface area contributed by atoms with Gasteiger partial charge >= 0.3 is 0 Å². The molecule has 0 aromatic heterocycles. The molecule has 4 rings (SSSR count). The Balaban J connectivity index is 1.85. The molecule has 1 radical (unpaired) electrons. The fraction of sp³-hybridized carbons (Fsp3) is 0.500. The van der Waals surface area contributed by atoms with Crippen molar-refractivity contribution in [2.45, 2.75) is 66.3 Å². The van der Waals surface area contributed by atoms with Crippen molar-refractivity contribution in [1.29, 1.82) is 0 Å². The van der Waals surface area contributed by atoms with E-state index < -0.39 is 79.2 Å². The fourth-order valence-electron chi connectivity index (χ4n) is 4.57. The SMILES string of the molecule is OC[C@H]1OC(OCc2ccccc2)(C(Cl)(O[C]2O[C@H](CO)[C@@H](O)[C@H](O)[C@H]2O)c2ccccc2)[C@H](O)[C@@H](O)[C@@H]1O. The van der Waals surface area contributed by atoms with Crippen molar-refractivity contribution in [3.8, 4) is 0 Å². The van der Waals surface area contributed by atoms with Crippen LogP contribution in [0, 0.1) is 6.29 Å². The van der Waals surface area contributed by atoms with E-state index in [0.717, 1.165) is 0 Å². The lowest BCUT2D eigenvalue weighted by Crippen LogP contribution is -2.73. The molecular weight excluding hydrogens is 540 g/mol. The van der Waals surface area contributed by atoms with Gasteiger partial charge in [0.05, 0.1) is 19.8 Å². The molecule has 0 aliphatic carbocycles. The minimum Gasteiger partial charge on any atom is -0.394 e. The molecule has 0 saturated carbocycles. The zero-order chi connectivity index (χ0) is 28.4. The molecule has 2 fully saturated rings. The lowest BCUT2D eigenvalue weighted by molar-refractivity contribution is -0.418. The van der Waals surface area contributed by atoms with E-state index >= 15 is 0 Å². The van der Waals surface area contributed by atoms with Crippen LogP contribution >= 0.6 is 11.6 Å². The molecule has 2 aromatic carbocycles. The normalized spacial score (nSPS) is 37.4. The summed E-state index contributed by atoms with van der Waals surface area (Å²) in [7, 11) is 0. The van der Waals surface area contributed by atoms with Crippen molar-refractivity contribution in [1.82, 2.24) is 0 Å². The predicted molar refractivity (Wildman–Crippen MR) is 132 cm³/mol. The lowest BCUT2D eigenvalue weighted by Gasteiger charge is -2.55. The molecule has 0 spiro atoms. The van der Waals surface area contributed by atoms with Gasteiger partial charge in [-0.05, 0) is 5.56 Å². The van der Waals surface area contributed by atoms with Crippen LogP contribution in [0.4, 0.5) is 0 Å². The van der Waals surface area contributed by atoms with Crippen LogP contribution in [0.5, 0.6) is 0 Å². The Morgan fingerprint density at radius 3 is 1.92 bits per heavy atom. The number of hydrogen-bond acceptors (Lipinski definition) is 12. The number of alkyl halides is 1. The summed E-state index contributed by atoms with van der Waals surface area (Å²) >= 11 is 7.15. The molecule has 2 heterocycles. The molecule has 0 bridgehead atoms. The first-order valence-corrected chi connectivity index (χ1v) is 12.6. The monoisotopic (exact) mass is 571 g/mol. The molecule has 39 heavy (non-hydrogen) atoms. The van der Waals surface area contributed by atoms with E-state index in [4.69, 9.17) is 30.5 Å². The molecule has 0 amide bonds. The number of hydrogen-bond donors (Lipinski definition) is 8. The van der Waals surface area contributed by atoms with Gasteiger partial charge in [0.2, 0.25) is 10.8 Å². The van der Waals surface area contributed by atoms with Gasteiger partial charge in [0.15, 0.2) is 0 Å². The molecule has 10 atom stereocenters. The average molecular weight is 572 g/mol. The number of ether oxygens (including phenoxy) is 4. The van der Waals surface area contributed by atoms with E-state index in [9.17, 15) is 40.9 Å². The highest BCUT2D eigenvalue weighted by Crippen LogP contribution is 2.52. The molecule has 2 saturated heterocycles. The van der Waals surface area contributed by atoms with Crippen LogP contribution in [0.25, 0.3) is 0 Å². The van der Waals surface area contributed by atoms with Crippen LogP contribution in [0.2, 0.25) is 0 Å². The smallest absolute Gasteiger partial charge is 0.258 e. The van der Waals surface area contributed by atoms with Crippen LogP contribution in [0.1, 0.15) is 11.1 Å². The number of halogens is 1. The maximum atomic E-state index is 11.4. The summed E-state index contributed by atoms with van der Waals surface area (Å²) in [5.41, 5.74) is 0.630. The molecule has 8 N–H and O–H groups in total. The van der Waals surface area contributed by atoms with Gasteiger partial charge < -0.3 is 59.8 Å². The Morgan fingerprint density at radius 2 is 1.33 bits per heavy atom. The highest BCUT2D eigenvalue weighted by atomic mass is 35.5. The topological polar surface area (TPSA) is 199 Å². The van der Waals surface area contributed by atoms with Gasteiger partial charge in [-0.2, -0.15) is 0 Å². The van der Waals surface area contributed by atoms with Crippen molar-refractivity contribution < 1.29 is 59.8 Å². The summed E-state index contributed by atoms with van der Waals surface area (Å²) in [6, 6.07) is 16.3. The third-order valence-electron chi connectivity index (χ3n) is 6.82. The minimum atomic E-state index is -2.61. The lowest BCUT2D eigenvalue weighted by atomic mass is 9.85. The average Bonchev–Trinajstić information content (AvgIpc) is 2.97. The van der Waals surface area contributed by atoms with Crippen LogP contribution in [-0.2, 0) is 30.6 Å². The van der Waals surface area contributed by atoms with Crippen molar-refractivity contribution in [2.75, 3.05) is 13.2 Å². The Morgan fingerprint density at radius 1 is 0.769 bits per heavy atom. The second-order valence-electron chi connectivity index (χ2n) is 9.35. The van der Waals surface area contributed by atoms with Crippen LogP contribution in [-0.4, -0.2) is 109 Å². The van der Waals surface area contributed by atoms with E-state index in [1.165, 1.54) is 12.1 Å². The second-order valence-corrected chi connectivity index (χ2v) is 9.89. The third kappa shape index (κ3) is 5.59. The summed E-state index contributed by atoms with van der Waals surface area (Å²) in [4.78, 5) is 0. The maximum Gasteiger partial charge on any atom is 0.258 e. The largest absolute Gasteiger partial charge is 0.394 e. The Bertz CT molecular complexity index is 1050. The van der Waals surface area contributed by atoms with Gasteiger partial charge in [-0.1, -0.05) is 72.3 Å². The first-order chi connectivity index (χ1) is 18.6. The van der Waals surface area contributed by atoms with Crippen LogP contribution < -0.4 is 0 Å². The molecule has 12 nitrogen and oxygen atoms in total. The van der Waals surface area contributed by atoms with E-state index in [2.05, 4.69) is 0 Å². The van der Waals surface area contributed by atoms with Gasteiger partial charge in [-0.15, -0.1) is 0 Å². The van der Waals surface area contributed by atoms with E-state index in [1.54, 1.807) is 48.5 Å².